The monoisotopic (exact) mass is 199 g/mol. The van der Waals surface area contributed by atoms with Crippen LogP contribution in [0.1, 0.15) is 5.56 Å². The molecule has 76 valence electrons. The highest BCUT2D eigenvalue weighted by molar-refractivity contribution is 5.91. The van der Waals surface area contributed by atoms with Crippen LogP contribution in [0.2, 0.25) is 0 Å². The molecule has 0 spiro atoms. The Bertz CT molecular complexity index is 386. The van der Waals surface area contributed by atoms with Crippen molar-refractivity contribution in [3.05, 3.63) is 60.4 Å². The Morgan fingerprint density at radius 3 is 2.80 bits per heavy atom. The molecule has 0 unspecified atom stereocenters. The van der Waals surface area contributed by atoms with Crippen LogP contribution >= 0.6 is 0 Å². The third-order valence-corrected chi connectivity index (χ3v) is 1.75. The van der Waals surface area contributed by atoms with Crippen molar-refractivity contribution in [3.63, 3.8) is 0 Å². The Morgan fingerprint density at radius 2 is 2.13 bits per heavy atom. The van der Waals surface area contributed by atoms with Crippen LogP contribution in [-0.2, 0) is 4.79 Å². The van der Waals surface area contributed by atoms with E-state index in [9.17, 15) is 4.79 Å². The Labute approximate surface area is 89.6 Å². The molecule has 0 atom stereocenters. The lowest BCUT2D eigenvalue weighted by Crippen LogP contribution is -2.20. The molecule has 2 nitrogen and oxygen atoms in total. The number of carbonyl (C=O) groups excluding carboxylic acids is 1. The fraction of sp³-hybridized carbons (Fsp3) is 0.0769. The lowest BCUT2D eigenvalue weighted by molar-refractivity contribution is -0.116. The smallest absolute Gasteiger partial charge is 0.244 e. The Morgan fingerprint density at radius 1 is 1.40 bits per heavy atom. The summed E-state index contributed by atoms with van der Waals surface area (Å²) in [6.07, 6.45) is 4.94. The van der Waals surface area contributed by atoms with Crippen LogP contribution in [0, 0.1) is 0 Å². The molecule has 1 aromatic rings. The normalized spacial score (nSPS) is 9.60. The molecule has 1 rings (SSSR count). The van der Waals surface area contributed by atoms with Gasteiger partial charge in [0.05, 0.1) is 0 Å². The van der Waals surface area contributed by atoms with Gasteiger partial charge in [-0.2, -0.15) is 0 Å². The zero-order chi connectivity index (χ0) is 10.9. The van der Waals surface area contributed by atoms with Gasteiger partial charge < -0.3 is 5.32 Å². The molecule has 1 aromatic carbocycles. The molecule has 1 amide bonds. The van der Waals surface area contributed by atoms with Crippen molar-refractivity contribution < 1.29 is 4.79 Å². The van der Waals surface area contributed by atoms with Gasteiger partial charge in [0.15, 0.2) is 0 Å². The first-order chi connectivity index (χ1) is 7.33. The van der Waals surface area contributed by atoms with Crippen LogP contribution in [-0.4, -0.2) is 12.5 Å². The van der Waals surface area contributed by atoms with Crippen molar-refractivity contribution in [3.8, 4) is 0 Å². The van der Waals surface area contributed by atoms with Crippen LogP contribution in [0.4, 0.5) is 0 Å². The summed E-state index contributed by atoms with van der Waals surface area (Å²) in [5.41, 5.74) is 3.59. The van der Waals surface area contributed by atoms with E-state index in [1.165, 1.54) is 6.08 Å². The first-order valence-electron chi connectivity index (χ1n) is 4.68. The molecule has 0 aliphatic heterocycles. The minimum absolute atomic E-state index is 0.120. The van der Waals surface area contributed by atoms with Crippen molar-refractivity contribution in [1.29, 1.82) is 0 Å². The maximum Gasteiger partial charge on any atom is 0.244 e. The van der Waals surface area contributed by atoms with E-state index < -0.39 is 0 Å². The molecular weight excluding hydrogens is 186 g/mol. The van der Waals surface area contributed by atoms with Crippen LogP contribution in [0.5, 0.6) is 0 Å². The maximum absolute atomic E-state index is 11.2. The SMILES string of the molecule is C=C=CCNC(=O)/C=C/c1ccccc1. The first kappa shape index (κ1) is 11.0. The Hall–Kier alpha value is -2.05. The van der Waals surface area contributed by atoms with Gasteiger partial charge in [-0.25, -0.2) is 0 Å². The summed E-state index contributed by atoms with van der Waals surface area (Å²) >= 11 is 0. The number of benzene rings is 1. The quantitative estimate of drug-likeness (QED) is 0.584. The molecule has 0 aromatic heterocycles. The van der Waals surface area contributed by atoms with Gasteiger partial charge >= 0.3 is 0 Å². The van der Waals surface area contributed by atoms with Gasteiger partial charge in [0.25, 0.3) is 0 Å². The Balaban J connectivity index is 2.44. The van der Waals surface area contributed by atoms with Gasteiger partial charge in [-0.05, 0) is 17.7 Å². The summed E-state index contributed by atoms with van der Waals surface area (Å²) in [4.78, 5) is 11.2. The number of rotatable bonds is 4. The first-order valence-corrected chi connectivity index (χ1v) is 4.68. The highest BCUT2D eigenvalue weighted by Crippen LogP contribution is 2.00. The van der Waals surface area contributed by atoms with Gasteiger partial charge in [-0.15, -0.1) is 5.73 Å². The number of amides is 1. The number of hydrogen-bond donors (Lipinski definition) is 1. The fourth-order valence-electron chi connectivity index (χ4n) is 1.02. The zero-order valence-corrected chi connectivity index (χ0v) is 8.44. The summed E-state index contributed by atoms with van der Waals surface area (Å²) in [7, 11) is 0. The third kappa shape index (κ3) is 4.65. The van der Waals surface area contributed by atoms with Crippen LogP contribution in [0.25, 0.3) is 6.08 Å². The molecule has 0 saturated heterocycles. The molecule has 2 heteroatoms. The van der Waals surface area contributed by atoms with Crippen LogP contribution in [0.15, 0.2) is 54.8 Å². The van der Waals surface area contributed by atoms with Crippen molar-refractivity contribution in [2.45, 2.75) is 0 Å². The summed E-state index contributed by atoms with van der Waals surface area (Å²) in [5.74, 6) is -0.120. The number of nitrogens with one attached hydrogen (secondary N) is 1. The largest absolute Gasteiger partial charge is 0.348 e. The van der Waals surface area contributed by atoms with E-state index >= 15 is 0 Å². The lowest BCUT2D eigenvalue weighted by atomic mass is 10.2. The minimum Gasteiger partial charge on any atom is -0.348 e. The second kappa shape index (κ2) is 6.41. The molecule has 0 saturated carbocycles. The molecule has 0 radical (unpaired) electrons. The molecule has 0 aliphatic rings. The third-order valence-electron chi connectivity index (χ3n) is 1.75. The molecule has 0 aliphatic carbocycles. The highest BCUT2D eigenvalue weighted by atomic mass is 16.1. The summed E-state index contributed by atoms with van der Waals surface area (Å²) < 4.78 is 0. The second-order valence-electron chi connectivity index (χ2n) is 2.90. The number of hydrogen-bond acceptors (Lipinski definition) is 1. The average Bonchev–Trinajstić information content (AvgIpc) is 2.28. The highest BCUT2D eigenvalue weighted by Gasteiger charge is 1.91. The van der Waals surface area contributed by atoms with Gasteiger partial charge in [-0.1, -0.05) is 36.9 Å². The van der Waals surface area contributed by atoms with Gasteiger partial charge in [0, 0.05) is 12.6 Å². The van der Waals surface area contributed by atoms with E-state index in [-0.39, 0.29) is 5.91 Å². The van der Waals surface area contributed by atoms with Crippen molar-refractivity contribution in [2.24, 2.45) is 0 Å². The van der Waals surface area contributed by atoms with E-state index in [1.54, 1.807) is 12.2 Å². The van der Waals surface area contributed by atoms with Crippen molar-refractivity contribution in [1.82, 2.24) is 5.32 Å². The van der Waals surface area contributed by atoms with E-state index in [1.807, 2.05) is 30.3 Å². The van der Waals surface area contributed by atoms with E-state index in [2.05, 4.69) is 17.6 Å². The standard InChI is InChI=1S/C13H13NO/c1-2-3-11-14-13(15)10-9-12-7-5-4-6-8-12/h3-10H,1,11H2,(H,14,15)/b10-9+. The minimum atomic E-state index is -0.120. The summed E-state index contributed by atoms with van der Waals surface area (Å²) in [5, 5.41) is 2.67. The van der Waals surface area contributed by atoms with Crippen molar-refractivity contribution in [2.75, 3.05) is 6.54 Å². The van der Waals surface area contributed by atoms with E-state index in [0.29, 0.717) is 6.54 Å². The predicted octanol–water partition coefficient (Wildman–Crippen LogP) is 2.16. The zero-order valence-electron chi connectivity index (χ0n) is 8.44. The Kier molecular flexibility index (Phi) is 4.71. The topological polar surface area (TPSA) is 29.1 Å². The average molecular weight is 199 g/mol. The second-order valence-corrected chi connectivity index (χ2v) is 2.90. The molecule has 0 heterocycles. The molecule has 0 fully saturated rings. The van der Waals surface area contributed by atoms with Crippen LogP contribution in [0.3, 0.4) is 0 Å². The van der Waals surface area contributed by atoms with Crippen LogP contribution < -0.4 is 5.32 Å². The van der Waals surface area contributed by atoms with E-state index in [4.69, 9.17) is 0 Å². The van der Waals surface area contributed by atoms with Gasteiger partial charge in [0.2, 0.25) is 5.91 Å². The predicted molar refractivity (Wildman–Crippen MR) is 62.2 cm³/mol. The van der Waals surface area contributed by atoms with Gasteiger partial charge in [-0.3, -0.25) is 4.79 Å². The van der Waals surface area contributed by atoms with Gasteiger partial charge in [0.1, 0.15) is 0 Å². The van der Waals surface area contributed by atoms with Crippen molar-refractivity contribution >= 4 is 12.0 Å². The lowest BCUT2D eigenvalue weighted by Gasteiger charge is -1.95. The summed E-state index contributed by atoms with van der Waals surface area (Å²) in [6.45, 7) is 3.86. The summed E-state index contributed by atoms with van der Waals surface area (Å²) in [6, 6.07) is 9.67. The molecule has 15 heavy (non-hydrogen) atoms. The number of carbonyl (C=O) groups is 1. The molecular formula is C13H13NO. The molecule has 1 N–H and O–H groups in total. The fourth-order valence-corrected chi connectivity index (χ4v) is 1.02. The molecule has 0 bridgehead atoms. The van der Waals surface area contributed by atoms with E-state index in [0.717, 1.165) is 5.56 Å². The maximum atomic E-state index is 11.2.